The number of carbonyl (C=O) groups is 1. The zero-order chi connectivity index (χ0) is 21.1. The topological polar surface area (TPSA) is 17.1 Å². The zero-order valence-electron chi connectivity index (χ0n) is 19.0. The molecule has 5 rings (SSSR count). The van der Waals surface area contributed by atoms with Crippen molar-refractivity contribution >= 4 is 17.5 Å². The van der Waals surface area contributed by atoms with Crippen molar-refractivity contribution in [3.05, 3.63) is 58.5 Å². The van der Waals surface area contributed by atoms with Crippen molar-refractivity contribution < 1.29 is 4.79 Å². The Hall–Kier alpha value is -1.28. The van der Waals surface area contributed by atoms with Gasteiger partial charge in [0.1, 0.15) is 5.78 Å². The second-order valence-corrected chi connectivity index (χ2v) is 12.5. The summed E-state index contributed by atoms with van der Waals surface area (Å²) in [4.78, 5) is 14.8. The van der Waals surface area contributed by atoms with Crippen LogP contribution in [0.1, 0.15) is 71.8 Å². The largest absolute Gasteiger partial charge is 0.298 e. The molecule has 4 aliphatic carbocycles. The minimum atomic E-state index is -0.132. The molecule has 0 aliphatic heterocycles. The molecule has 1 aromatic carbocycles. The lowest BCUT2D eigenvalue weighted by Gasteiger charge is -2.55. The van der Waals surface area contributed by atoms with Gasteiger partial charge >= 0.3 is 0 Å². The van der Waals surface area contributed by atoms with E-state index in [0.29, 0.717) is 23.0 Å². The normalized spacial score (nSPS) is 39.5. The standard InChI is InChI=1S/C28H36OS/c1-26(2)17-24-22-11-10-20-16-21(30-18-19-8-6-5-7-9-19)12-14-27(20,3)23(22)13-15-28(24,4)25(26)29/h5-10,16,22-24H,11-15,17-18H2,1-4H3/t22-,23+,24+,27+,28+/m1/s1. The molecule has 0 saturated heterocycles. The van der Waals surface area contributed by atoms with E-state index in [2.05, 4.69) is 70.2 Å². The lowest BCUT2D eigenvalue weighted by molar-refractivity contribution is -0.136. The van der Waals surface area contributed by atoms with Crippen LogP contribution < -0.4 is 0 Å². The Bertz CT molecular complexity index is 910. The van der Waals surface area contributed by atoms with Crippen LogP contribution in [0.2, 0.25) is 0 Å². The summed E-state index contributed by atoms with van der Waals surface area (Å²) < 4.78 is 0. The number of hydrogen-bond donors (Lipinski definition) is 0. The fraction of sp³-hybridized carbons (Fsp3) is 0.607. The van der Waals surface area contributed by atoms with Crippen LogP contribution in [0.25, 0.3) is 0 Å². The van der Waals surface area contributed by atoms with Crippen molar-refractivity contribution in [3.8, 4) is 0 Å². The fourth-order valence-electron chi connectivity index (χ4n) is 7.56. The monoisotopic (exact) mass is 420 g/mol. The first-order valence-corrected chi connectivity index (χ1v) is 12.9. The van der Waals surface area contributed by atoms with Crippen LogP contribution >= 0.6 is 11.8 Å². The molecule has 160 valence electrons. The van der Waals surface area contributed by atoms with Crippen LogP contribution in [0, 0.1) is 34.0 Å². The van der Waals surface area contributed by atoms with Crippen molar-refractivity contribution in [3.63, 3.8) is 0 Å². The molecule has 2 heteroatoms. The number of rotatable bonds is 3. The molecule has 30 heavy (non-hydrogen) atoms. The van der Waals surface area contributed by atoms with Crippen LogP contribution in [0.5, 0.6) is 0 Å². The third-order valence-corrected chi connectivity index (χ3v) is 10.4. The van der Waals surface area contributed by atoms with Crippen molar-refractivity contribution in [2.24, 2.45) is 34.0 Å². The SMILES string of the molecule is CC1(C)C[C@H]2[C@@H]3CC=C4C=C(SCc5ccccc5)CC[C@]4(C)[C@H]3CC[C@]2(C)C1=O. The highest BCUT2D eigenvalue weighted by Crippen LogP contribution is 2.66. The van der Waals surface area contributed by atoms with Crippen LogP contribution in [-0.2, 0) is 10.5 Å². The Balaban J connectivity index is 1.38. The zero-order valence-corrected chi connectivity index (χ0v) is 19.9. The minimum Gasteiger partial charge on any atom is -0.298 e. The molecule has 0 N–H and O–H groups in total. The highest BCUT2D eigenvalue weighted by molar-refractivity contribution is 8.02. The molecule has 1 nitrogen and oxygen atoms in total. The lowest BCUT2D eigenvalue weighted by atomic mass is 9.49. The Kier molecular flexibility index (Phi) is 4.89. The summed E-state index contributed by atoms with van der Waals surface area (Å²) in [6, 6.07) is 10.8. The van der Waals surface area contributed by atoms with Gasteiger partial charge in [-0.25, -0.2) is 0 Å². The number of carbonyl (C=O) groups excluding carboxylic acids is 1. The first-order chi connectivity index (χ1) is 14.2. The van der Waals surface area contributed by atoms with E-state index in [1.54, 1.807) is 10.5 Å². The third-order valence-electron chi connectivity index (χ3n) is 9.25. The van der Waals surface area contributed by atoms with Gasteiger partial charge in [0.2, 0.25) is 0 Å². The Morgan fingerprint density at radius 1 is 1.00 bits per heavy atom. The maximum atomic E-state index is 13.2. The van der Waals surface area contributed by atoms with Gasteiger partial charge < -0.3 is 0 Å². The average Bonchev–Trinajstić information content (AvgIpc) is 2.92. The summed E-state index contributed by atoms with van der Waals surface area (Å²) in [6.45, 7) is 9.22. The molecule has 0 aromatic heterocycles. The van der Waals surface area contributed by atoms with E-state index in [1.807, 2.05) is 11.8 Å². The van der Waals surface area contributed by atoms with Crippen molar-refractivity contribution in [2.75, 3.05) is 0 Å². The average molecular weight is 421 g/mol. The number of allylic oxidation sites excluding steroid dienone is 4. The van der Waals surface area contributed by atoms with Gasteiger partial charge in [-0.1, -0.05) is 64.1 Å². The number of ketones is 1. The molecular weight excluding hydrogens is 384 g/mol. The Labute approximate surface area is 186 Å². The quantitative estimate of drug-likeness (QED) is 0.501. The molecule has 0 unspecified atom stereocenters. The first-order valence-electron chi connectivity index (χ1n) is 11.9. The van der Waals surface area contributed by atoms with Crippen LogP contribution in [0.4, 0.5) is 0 Å². The first kappa shape index (κ1) is 20.6. The molecule has 0 heterocycles. The summed E-state index contributed by atoms with van der Waals surface area (Å²) in [6.07, 6.45) is 12.2. The van der Waals surface area contributed by atoms with Gasteiger partial charge in [0.15, 0.2) is 0 Å². The molecule has 5 atom stereocenters. The van der Waals surface area contributed by atoms with E-state index < -0.39 is 0 Å². The summed E-state index contributed by atoms with van der Waals surface area (Å²) in [5.41, 5.74) is 3.10. The summed E-state index contributed by atoms with van der Waals surface area (Å²) in [5.74, 6) is 3.62. The summed E-state index contributed by atoms with van der Waals surface area (Å²) in [5, 5.41) is 0. The van der Waals surface area contributed by atoms with Crippen LogP contribution in [0.15, 0.2) is 53.0 Å². The predicted molar refractivity (Wildman–Crippen MR) is 127 cm³/mol. The van der Waals surface area contributed by atoms with E-state index >= 15 is 0 Å². The van der Waals surface area contributed by atoms with E-state index in [4.69, 9.17) is 0 Å². The van der Waals surface area contributed by atoms with Crippen molar-refractivity contribution in [2.45, 2.75) is 72.0 Å². The Morgan fingerprint density at radius 2 is 1.77 bits per heavy atom. The highest BCUT2D eigenvalue weighted by atomic mass is 32.2. The molecule has 0 bridgehead atoms. The molecule has 0 radical (unpaired) electrons. The minimum absolute atomic E-state index is 0.0758. The van der Waals surface area contributed by atoms with Gasteiger partial charge in [0.05, 0.1) is 0 Å². The molecular formula is C28H36OS. The molecule has 2 fully saturated rings. The van der Waals surface area contributed by atoms with Crippen molar-refractivity contribution in [1.82, 2.24) is 0 Å². The third kappa shape index (κ3) is 3.08. The van der Waals surface area contributed by atoms with E-state index in [9.17, 15) is 4.79 Å². The second kappa shape index (κ2) is 7.12. The number of Topliss-reactive ketones (excluding diaryl/α,β-unsaturated/α-hetero) is 1. The molecule has 2 saturated carbocycles. The predicted octanol–water partition coefficient (Wildman–Crippen LogP) is 7.58. The van der Waals surface area contributed by atoms with Crippen molar-refractivity contribution in [1.29, 1.82) is 0 Å². The summed E-state index contributed by atoms with van der Waals surface area (Å²) >= 11 is 2.02. The van der Waals surface area contributed by atoms with Gasteiger partial charge in [-0.3, -0.25) is 4.79 Å². The maximum Gasteiger partial charge on any atom is 0.144 e. The molecule has 1 aromatic rings. The fourth-order valence-corrected chi connectivity index (χ4v) is 8.56. The molecule has 4 aliphatic rings. The highest BCUT2D eigenvalue weighted by Gasteiger charge is 2.62. The number of benzene rings is 1. The van der Waals surface area contributed by atoms with E-state index in [1.165, 1.54) is 31.2 Å². The lowest BCUT2D eigenvalue weighted by Crippen LogP contribution is -2.49. The van der Waals surface area contributed by atoms with E-state index in [-0.39, 0.29) is 10.8 Å². The number of fused-ring (bicyclic) bond motifs is 5. The smallest absolute Gasteiger partial charge is 0.144 e. The second-order valence-electron chi connectivity index (χ2n) is 11.4. The maximum absolute atomic E-state index is 13.2. The van der Waals surface area contributed by atoms with Gasteiger partial charge in [-0.05, 0) is 83.8 Å². The van der Waals surface area contributed by atoms with Gasteiger partial charge in [0, 0.05) is 16.6 Å². The van der Waals surface area contributed by atoms with E-state index in [0.717, 1.165) is 24.5 Å². The van der Waals surface area contributed by atoms with Crippen LogP contribution in [-0.4, -0.2) is 5.78 Å². The molecule has 0 spiro atoms. The van der Waals surface area contributed by atoms with Gasteiger partial charge in [-0.15, -0.1) is 11.8 Å². The Morgan fingerprint density at radius 3 is 2.53 bits per heavy atom. The summed E-state index contributed by atoms with van der Waals surface area (Å²) in [7, 11) is 0. The van der Waals surface area contributed by atoms with Gasteiger partial charge in [0.25, 0.3) is 0 Å². The molecule has 0 amide bonds. The number of hydrogen-bond acceptors (Lipinski definition) is 2. The van der Waals surface area contributed by atoms with Gasteiger partial charge in [-0.2, -0.15) is 0 Å². The number of thioether (sulfide) groups is 1. The van der Waals surface area contributed by atoms with Crippen LogP contribution in [0.3, 0.4) is 0 Å².